The second-order valence-electron chi connectivity index (χ2n) is 8.65. The molecular formula is C27H27N3O4S. The van der Waals surface area contributed by atoms with E-state index in [2.05, 4.69) is 16.7 Å². The molecule has 4 rings (SSSR count). The van der Waals surface area contributed by atoms with Crippen molar-refractivity contribution in [3.63, 3.8) is 0 Å². The maximum atomic E-state index is 12.9. The summed E-state index contributed by atoms with van der Waals surface area (Å²) in [5.74, 6) is -0.431. The molecule has 0 aromatic heterocycles. The Hall–Kier alpha value is -3.70. The summed E-state index contributed by atoms with van der Waals surface area (Å²) < 4.78 is 5.26. The lowest BCUT2D eigenvalue weighted by molar-refractivity contribution is -0.116. The fourth-order valence-electron chi connectivity index (χ4n) is 4.40. The molecule has 1 atom stereocenters. The van der Waals surface area contributed by atoms with Crippen molar-refractivity contribution in [3.8, 4) is 17.6 Å². The van der Waals surface area contributed by atoms with Crippen molar-refractivity contribution in [2.24, 2.45) is 0 Å². The van der Waals surface area contributed by atoms with Crippen LogP contribution in [-0.2, 0) is 9.59 Å². The number of nitriles is 1. The van der Waals surface area contributed by atoms with Crippen LogP contribution in [0, 0.1) is 25.2 Å². The number of allylic oxidation sites excluding steroid dienone is 3. The SMILES string of the molecule is COc1cc([C@H]2C(C#N)=C(SCC(=O)Nc3ccc(C)c(C)c3)NC3=C2C(=O)CCC3)ccc1O. The van der Waals surface area contributed by atoms with Crippen molar-refractivity contribution in [1.29, 1.82) is 5.26 Å². The highest BCUT2D eigenvalue weighted by atomic mass is 32.2. The Morgan fingerprint density at radius 3 is 2.74 bits per heavy atom. The first-order chi connectivity index (χ1) is 16.8. The molecule has 0 spiro atoms. The molecule has 35 heavy (non-hydrogen) atoms. The zero-order valence-electron chi connectivity index (χ0n) is 19.9. The Bertz CT molecular complexity index is 1310. The number of carbonyl (C=O) groups is 2. The number of aryl methyl sites for hydroxylation is 2. The van der Waals surface area contributed by atoms with Gasteiger partial charge in [-0.3, -0.25) is 9.59 Å². The number of nitrogens with zero attached hydrogens (tertiary/aromatic N) is 1. The molecule has 2 aliphatic rings. The molecule has 2 aromatic carbocycles. The molecule has 7 nitrogen and oxygen atoms in total. The van der Waals surface area contributed by atoms with Crippen molar-refractivity contribution in [3.05, 3.63) is 75.0 Å². The number of dihydropyridines is 1. The first-order valence-electron chi connectivity index (χ1n) is 11.4. The van der Waals surface area contributed by atoms with Gasteiger partial charge in [-0.15, -0.1) is 0 Å². The molecule has 0 saturated carbocycles. The molecule has 0 radical (unpaired) electrons. The Morgan fingerprint density at radius 2 is 2.03 bits per heavy atom. The number of phenolic OH excluding ortho intramolecular Hbond substituents is 1. The molecule has 1 heterocycles. The third-order valence-electron chi connectivity index (χ3n) is 6.34. The highest BCUT2D eigenvalue weighted by molar-refractivity contribution is 8.03. The molecule has 0 bridgehead atoms. The highest BCUT2D eigenvalue weighted by Gasteiger charge is 2.37. The van der Waals surface area contributed by atoms with Crippen LogP contribution in [0.5, 0.6) is 11.5 Å². The minimum atomic E-state index is -0.594. The van der Waals surface area contributed by atoms with Gasteiger partial charge in [-0.05, 0) is 67.6 Å². The van der Waals surface area contributed by atoms with Crippen LogP contribution in [-0.4, -0.2) is 29.7 Å². The maximum Gasteiger partial charge on any atom is 0.234 e. The molecule has 1 aliphatic heterocycles. The van der Waals surface area contributed by atoms with Crippen molar-refractivity contribution >= 4 is 29.1 Å². The molecule has 1 aliphatic carbocycles. The van der Waals surface area contributed by atoms with Crippen LogP contribution in [0.2, 0.25) is 0 Å². The summed E-state index contributed by atoms with van der Waals surface area (Å²) in [5.41, 5.74) is 5.37. The predicted octanol–water partition coefficient (Wildman–Crippen LogP) is 4.82. The second kappa shape index (κ2) is 10.3. The third kappa shape index (κ3) is 5.05. The lowest BCUT2D eigenvalue weighted by Crippen LogP contribution is -2.31. The summed E-state index contributed by atoms with van der Waals surface area (Å²) >= 11 is 1.24. The van der Waals surface area contributed by atoms with E-state index in [-0.39, 0.29) is 28.9 Å². The number of phenols is 1. The van der Waals surface area contributed by atoms with Gasteiger partial charge < -0.3 is 20.5 Å². The van der Waals surface area contributed by atoms with E-state index >= 15 is 0 Å². The molecule has 0 fully saturated rings. The standard InChI is InChI=1S/C27H27N3O4S/c1-15-7-9-18(11-16(15)2)29-24(33)14-35-27-19(13-28)25(17-8-10-21(31)23(12-17)34-3)26-20(30-27)5-4-6-22(26)32/h7-12,25,30-31H,4-6,14H2,1-3H3,(H,29,33)/t25-/m0/s1. The van der Waals surface area contributed by atoms with Crippen LogP contribution >= 0.6 is 11.8 Å². The van der Waals surface area contributed by atoms with E-state index < -0.39 is 5.92 Å². The van der Waals surface area contributed by atoms with Gasteiger partial charge in [0.1, 0.15) is 0 Å². The number of hydrogen-bond donors (Lipinski definition) is 3. The predicted molar refractivity (Wildman–Crippen MR) is 136 cm³/mol. The number of thioether (sulfide) groups is 1. The zero-order valence-corrected chi connectivity index (χ0v) is 20.7. The number of aromatic hydroxyl groups is 1. The number of hydrogen-bond acceptors (Lipinski definition) is 7. The summed E-state index contributed by atoms with van der Waals surface area (Å²) in [5, 5.41) is 26.9. The van der Waals surface area contributed by atoms with Crippen LogP contribution in [0.4, 0.5) is 5.69 Å². The van der Waals surface area contributed by atoms with Gasteiger partial charge in [0.25, 0.3) is 0 Å². The largest absolute Gasteiger partial charge is 0.504 e. The summed E-state index contributed by atoms with van der Waals surface area (Å²) in [4.78, 5) is 25.6. The van der Waals surface area contributed by atoms with Crippen LogP contribution in [0.3, 0.4) is 0 Å². The van der Waals surface area contributed by atoms with Gasteiger partial charge in [-0.25, -0.2) is 0 Å². The third-order valence-corrected chi connectivity index (χ3v) is 7.36. The van der Waals surface area contributed by atoms with Crippen molar-refractivity contribution in [2.75, 3.05) is 18.2 Å². The molecule has 2 aromatic rings. The first-order valence-corrected chi connectivity index (χ1v) is 12.3. The van der Waals surface area contributed by atoms with Gasteiger partial charge in [-0.1, -0.05) is 23.9 Å². The maximum absolute atomic E-state index is 12.9. The number of ketones is 1. The Morgan fingerprint density at radius 1 is 1.23 bits per heavy atom. The molecule has 1 amide bonds. The number of Topliss-reactive ketones (excluding diaryl/α,β-unsaturated/α-hetero) is 1. The van der Waals surface area contributed by atoms with Crippen LogP contribution in [0.15, 0.2) is 58.3 Å². The van der Waals surface area contributed by atoms with E-state index in [4.69, 9.17) is 4.74 Å². The van der Waals surface area contributed by atoms with Gasteiger partial charge in [0.2, 0.25) is 5.91 Å². The summed E-state index contributed by atoms with van der Waals surface area (Å²) in [6, 6.07) is 12.9. The number of nitrogens with one attached hydrogen (secondary N) is 2. The quantitative estimate of drug-likeness (QED) is 0.533. The normalized spacial score (nSPS) is 17.4. The minimum Gasteiger partial charge on any atom is -0.504 e. The Balaban J connectivity index is 1.63. The summed E-state index contributed by atoms with van der Waals surface area (Å²) in [6.07, 6.45) is 1.83. The van der Waals surface area contributed by atoms with E-state index in [0.717, 1.165) is 28.9 Å². The summed E-state index contributed by atoms with van der Waals surface area (Å²) in [6.45, 7) is 4.01. The molecule has 0 saturated heterocycles. The Labute approximate surface area is 208 Å². The van der Waals surface area contributed by atoms with Crippen LogP contribution < -0.4 is 15.4 Å². The van der Waals surface area contributed by atoms with Crippen molar-refractivity contribution in [2.45, 2.75) is 39.0 Å². The van der Waals surface area contributed by atoms with Gasteiger partial charge in [0, 0.05) is 23.4 Å². The van der Waals surface area contributed by atoms with Crippen molar-refractivity contribution in [1.82, 2.24) is 5.32 Å². The minimum absolute atomic E-state index is 0.0000701. The number of anilines is 1. The fraction of sp³-hybridized carbons (Fsp3) is 0.296. The molecule has 0 unspecified atom stereocenters. The number of amides is 1. The molecule has 8 heteroatoms. The monoisotopic (exact) mass is 489 g/mol. The average molecular weight is 490 g/mol. The van der Waals surface area contributed by atoms with Crippen LogP contribution in [0.1, 0.15) is 41.9 Å². The molecule has 3 N–H and O–H groups in total. The lowest BCUT2D eigenvalue weighted by atomic mass is 9.77. The Kier molecular flexibility index (Phi) is 7.17. The van der Waals surface area contributed by atoms with Crippen LogP contribution in [0.25, 0.3) is 0 Å². The topological polar surface area (TPSA) is 111 Å². The average Bonchev–Trinajstić information content (AvgIpc) is 2.84. The van der Waals surface area contributed by atoms with Gasteiger partial charge in [-0.2, -0.15) is 5.26 Å². The van der Waals surface area contributed by atoms with E-state index in [1.54, 1.807) is 12.1 Å². The van der Waals surface area contributed by atoms with Gasteiger partial charge in [0.05, 0.1) is 35.5 Å². The van der Waals surface area contributed by atoms with E-state index in [1.807, 2.05) is 32.0 Å². The zero-order chi connectivity index (χ0) is 25.1. The number of ether oxygens (including phenoxy) is 1. The van der Waals surface area contributed by atoms with E-state index in [0.29, 0.717) is 34.6 Å². The van der Waals surface area contributed by atoms with E-state index in [9.17, 15) is 20.0 Å². The highest BCUT2D eigenvalue weighted by Crippen LogP contribution is 2.45. The lowest BCUT2D eigenvalue weighted by Gasteiger charge is -2.33. The second-order valence-corrected chi connectivity index (χ2v) is 9.63. The summed E-state index contributed by atoms with van der Waals surface area (Å²) in [7, 11) is 1.45. The van der Waals surface area contributed by atoms with Gasteiger partial charge >= 0.3 is 0 Å². The number of benzene rings is 2. The van der Waals surface area contributed by atoms with Gasteiger partial charge in [0.15, 0.2) is 17.3 Å². The smallest absolute Gasteiger partial charge is 0.234 e. The number of carbonyl (C=O) groups excluding carboxylic acids is 2. The number of methoxy groups -OCH3 is 1. The van der Waals surface area contributed by atoms with E-state index in [1.165, 1.54) is 24.9 Å². The molecular weight excluding hydrogens is 462 g/mol. The fourth-order valence-corrected chi connectivity index (χ4v) is 5.26. The van der Waals surface area contributed by atoms with Crippen molar-refractivity contribution < 1.29 is 19.4 Å². The molecule has 180 valence electrons. The first kappa shape index (κ1) is 24.4. The number of rotatable bonds is 6.